The molecule has 0 fully saturated rings. The van der Waals surface area contributed by atoms with E-state index in [0.29, 0.717) is 31.1 Å². The number of fused-ring (bicyclic) bond motifs is 2. The Hall–Kier alpha value is -3.75. The number of rotatable bonds is 4. The Morgan fingerprint density at radius 1 is 1.26 bits per heavy atom. The van der Waals surface area contributed by atoms with Crippen LogP contribution in [0.3, 0.4) is 0 Å². The Kier molecular flexibility index (Phi) is 7.43. The lowest BCUT2D eigenvalue weighted by molar-refractivity contribution is 0.0931. The van der Waals surface area contributed by atoms with Crippen molar-refractivity contribution in [3.63, 3.8) is 0 Å². The molecule has 2 aliphatic rings. The first-order valence-corrected chi connectivity index (χ1v) is 11.9. The fourth-order valence-corrected chi connectivity index (χ4v) is 4.46. The fourth-order valence-electron chi connectivity index (χ4n) is 4.46. The van der Waals surface area contributed by atoms with Crippen molar-refractivity contribution in [2.24, 2.45) is 0 Å². The Labute approximate surface area is 203 Å². The van der Waals surface area contributed by atoms with Crippen LogP contribution in [0.2, 0.25) is 0 Å². The highest BCUT2D eigenvalue weighted by molar-refractivity contribution is 5.93. The number of aromatic hydroxyl groups is 1. The predicted octanol–water partition coefficient (Wildman–Crippen LogP) is 4.73. The number of anilines is 2. The molecule has 1 aliphatic carbocycles. The van der Waals surface area contributed by atoms with Crippen molar-refractivity contribution >= 4 is 17.5 Å². The summed E-state index contributed by atoms with van der Waals surface area (Å²) in [6.07, 6.45) is 3.85. The van der Waals surface area contributed by atoms with Gasteiger partial charge in [0.2, 0.25) is 0 Å². The summed E-state index contributed by atoms with van der Waals surface area (Å²) in [5.41, 5.74) is 2.48. The molecule has 1 atom stereocenters. The molecule has 0 saturated carbocycles. The van der Waals surface area contributed by atoms with Crippen LogP contribution in [0.1, 0.15) is 59.9 Å². The minimum Gasteiger partial charge on any atom is -0.505 e. The van der Waals surface area contributed by atoms with Crippen LogP contribution in [-0.4, -0.2) is 34.1 Å². The Balaban J connectivity index is 0.00000141. The van der Waals surface area contributed by atoms with E-state index in [9.17, 15) is 18.7 Å². The predicted molar refractivity (Wildman–Crippen MR) is 131 cm³/mol. The number of hydrogen-bond donors (Lipinski definition) is 3. The van der Waals surface area contributed by atoms with E-state index in [2.05, 4.69) is 26.7 Å². The first-order chi connectivity index (χ1) is 17.0. The van der Waals surface area contributed by atoms with Crippen LogP contribution in [0.15, 0.2) is 42.6 Å². The maximum absolute atomic E-state index is 14.4. The number of aryl methyl sites for hydroxylation is 1. The van der Waals surface area contributed by atoms with Crippen LogP contribution in [0.4, 0.5) is 20.4 Å². The van der Waals surface area contributed by atoms with E-state index in [1.54, 1.807) is 4.90 Å². The second-order valence-corrected chi connectivity index (χ2v) is 8.29. The third-order valence-electron chi connectivity index (χ3n) is 6.08. The van der Waals surface area contributed by atoms with Crippen LogP contribution >= 0.6 is 0 Å². The summed E-state index contributed by atoms with van der Waals surface area (Å²) in [6.45, 7) is 5.09. The van der Waals surface area contributed by atoms with Gasteiger partial charge in [0.05, 0.1) is 12.2 Å². The number of phenols is 1. The highest BCUT2D eigenvalue weighted by atomic mass is 19.1. The van der Waals surface area contributed by atoms with Crippen molar-refractivity contribution in [3.8, 4) is 5.75 Å². The minimum absolute atomic E-state index is 0.000401. The van der Waals surface area contributed by atoms with Crippen molar-refractivity contribution < 1.29 is 18.7 Å². The standard InChI is InChI=1S/C24H23F2N5O2.C2H6/c25-16-10-15(21(26)20(32)11-16)13-31-9-3-8-27-22-23(31)29-19(12-28-22)24(33)30-18-7-6-14-4-1-2-5-17(14)18;1-2/h1-2,4-5,10-12,18,32H,3,6-9,13H2,(H,27,28)(H,30,33);1-2H3. The largest absolute Gasteiger partial charge is 0.505 e. The number of benzene rings is 2. The zero-order valence-corrected chi connectivity index (χ0v) is 19.8. The van der Waals surface area contributed by atoms with Gasteiger partial charge in [-0.05, 0) is 36.5 Å². The highest BCUT2D eigenvalue weighted by Gasteiger charge is 2.26. The summed E-state index contributed by atoms with van der Waals surface area (Å²) in [5.74, 6) is -1.84. The SMILES string of the molecule is CC.O=C(NC1CCc2ccccc21)c1cnc2c(n1)N(Cc1cc(F)cc(O)c1F)CCCN2. The summed E-state index contributed by atoms with van der Waals surface area (Å²) in [6, 6.07) is 9.73. The van der Waals surface area contributed by atoms with Crippen molar-refractivity contribution in [2.75, 3.05) is 23.3 Å². The Morgan fingerprint density at radius 3 is 2.89 bits per heavy atom. The molecule has 3 N–H and O–H groups in total. The maximum atomic E-state index is 14.4. The van der Waals surface area contributed by atoms with E-state index >= 15 is 0 Å². The van der Waals surface area contributed by atoms with E-state index in [1.165, 1.54) is 11.8 Å². The van der Waals surface area contributed by atoms with Gasteiger partial charge in [-0.15, -0.1) is 0 Å². The average Bonchev–Trinajstić information content (AvgIpc) is 3.16. The van der Waals surface area contributed by atoms with Crippen molar-refractivity contribution in [1.82, 2.24) is 15.3 Å². The van der Waals surface area contributed by atoms with Gasteiger partial charge >= 0.3 is 0 Å². The Bertz CT molecular complexity index is 1220. The van der Waals surface area contributed by atoms with Crippen molar-refractivity contribution in [3.05, 3.63) is 76.6 Å². The lowest BCUT2D eigenvalue weighted by Gasteiger charge is -2.24. The van der Waals surface area contributed by atoms with Gasteiger partial charge in [0.15, 0.2) is 23.2 Å². The number of aromatic nitrogens is 2. The first kappa shape index (κ1) is 24.4. The molecule has 0 saturated heterocycles. The van der Waals surface area contributed by atoms with Crippen molar-refractivity contribution in [1.29, 1.82) is 0 Å². The lowest BCUT2D eigenvalue weighted by atomic mass is 10.1. The molecular formula is C26H29F2N5O2. The molecule has 184 valence electrons. The number of halogens is 2. The molecule has 9 heteroatoms. The molecule has 3 aromatic rings. The molecule has 1 unspecified atom stereocenters. The van der Waals surface area contributed by atoms with Crippen LogP contribution in [0.25, 0.3) is 0 Å². The van der Waals surface area contributed by atoms with Crippen LogP contribution in [-0.2, 0) is 13.0 Å². The summed E-state index contributed by atoms with van der Waals surface area (Å²) < 4.78 is 28.2. The molecule has 7 nitrogen and oxygen atoms in total. The topological polar surface area (TPSA) is 90.4 Å². The normalized spacial score (nSPS) is 16.2. The average molecular weight is 482 g/mol. The first-order valence-electron chi connectivity index (χ1n) is 11.9. The van der Waals surface area contributed by atoms with Gasteiger partial charge in [-0.3, -0.25) is 4.79 Å². The third-order valence-corrected chi connectivity index (χ3v) is 6.08. The molecular weight excluding hydrogens is 452 g/mol. The number of nitrogens with one attached hydrogen (secondary N) is 2. The van der Waals surface area contributed by atoms with Gasteiger partial charge in [-0.1, -0.05) is 38.1 Å². The van der Waals surface area contributed by atoms with E-state index in [-0.39, 0.29) is 29.8 Å². The van der Waals surface area contributed by atoms with Crippen LogP contribution < -0.4 is 15.5 Å². The number of carbonyl (C=O) groups excluding carboxylic acids is 1. The van der Waals surface area contributed by atoms with Gasteiger partial charge in [0.25, 0.3) is 5.91 Å². The number of phenolic OH excluding ortho intramolecular Hbond substituents is 1. The van der Waals surface area contributed by atoms with Gasteiger partial charge in [-0.2, -0.15) is 0 Å². The number of hydrogen-bond acceptors (Lipinski definition) is 6. The lowest BCUT2D eigenvalue weighted by Crippen LogP contribution is -2.30. The molecule has 2 heterocycles. The number of carbonyl (C=O) groups is 1. The molecule has 1 aliphatic heterocycles. The molecule has 2 aromatic carbocycles. The van der Waals surface area contributed by atoms with E-state index in [1.807, 2.05) is 32.0 Å². The Morgan fingerprint density at radius 2 is 2.06 bits per heavy atom. The summed E-state index contributed by atoms with van der Waals surface area (Å²) in [4.78, 5) is 23.6. The van der Waals surface area contributed by atoms with Gasteiger partial charge < -0.3 is 20.6 Å². The van der Waals surface area contributed by atoms with Gasteiger partial charge in [-0.25, -0.2) is 18.7 Å². The molecule has 0 bridgehead atoms. The van der Waals surface area contributed by atoms with Gasteiger partial charge in [0.1, 0.15) is 11.5 Å². The zero-order chi connectivity index (χ0) is 24.9. The molecule has 5 rings (SSSR count). The third kappa shape index (κ3) is 5.18. The fraction of sp³-hybridized carbons (Fsp3) is 0.346. The van der Waals surface area contributed by atoms with Crippen LogP contribution in [0.5, 0.6) is 5.75 Å². The quantitative estimate of drug-likeness (QED) is 0.499. The second kappa shape index (κ2) is 10.7. The van der Waals surface area contributed by atoms with E-state index in [0.717, 1.165) is 30.5 Å². The highest BCUT2D eigenvalue weighted by Crippen LogP contribution is 2.32. The second-order valence-electron chi connectivity index (χ2n) is 8.29. The molecule has 1 amide bonds. The minimum atomic E-state index is -0.878. The monoisotopic (exact) mass is 481 g/mol. The zero-order valence-electron chi connectivity index (χ0n) is 19.8. The maximum Gasteiger partial charge on any atom is 0.272 e. The molecule has 0 spiro atoms. The molecule has 1 aromatic heterocycles. The van der Waals surface area contributed by atoms with E-state index in [4.69, 9.17) is 0 Å². The van der Waals surface area contributed by atoms with Crippen LogP contribution in [0, 0.1) is 11.6 Å². The smallest absolute Gasteiger partial charge is 0.272 e. The molecule has 0 radical (unpaired) electrons. The van der Waals surface area contributed by atoms with E-state index < -0.39 is 17.4 Å². The summed E-state index contributed by atoms with van der Waals surface area (Å²) in [5, 5.41) is 15.9. The molecule has 35 heavy (non-hydrogen) atoms. The number of nitrogens with zero attached hydrogens (tertiary/aromatic N) is 3. The van der Waals surface area contributed by atoms with Crippen molar-refractivity contribution in [2.45, 2.75) is 45.7 Å². The summed E-state index contributed by atoms with van der Waals surface area (Å²) >= 11 is 0. The summed E-state index contributed by atoms with van der Waals surface area (Å²) in [7, 11) is 0. The van der Waals surface area contributed by atoms with Gasteiger partial charge in [0, 0.05) is 31.3 Å². The number of amides is 1.